The molecule has 0 amide bonds. The monoisotopic (exact) mass is 249 g/mol. The number of hydrogen-bond acceptors (Lipinski definition) is 4. The van der Waals surface area contributed by atoms with Crippen LogP contribution in [0.4, 0.5) is 0 Å². The summed E-state index contributed by atoms with van der Waals surface area (Å²) in [5.74, 6) is 4.63. The lowest BCUT2D eigenvalue weighted by atomic mass is 9.88. The summed E-state index contributed by atoms with van der Waals surface area (Å²) in [6.07, 6.45) is 7.35. The van der Waals surface area contributed by atoms with Crippen molar-refractivity contribution in [3.63, 3.8) is 0 Å². The second kappa shape index (κ2) is 5.00. The summed E-state index contributed by atoms with van der Waals surface area (Å²) in [5.41, 5.74) is 5.62. The zero-order valence-corrected chi connectivity index (χ0v) is 11.1. The summed E-state index contributed by atoms with van der Waals surface area (Å²) < 4.78 is 5.38. The Morgan fingerprint density at radius 3 is 2.94 bits per heavy atom. The highest BCUT2D eigenvalue weighted by Crippen LogP contribution is 2.52. The fourth-order valence-electron chi connectivity index (χ4n) is 3.57. The van der Waals surface area contributed by atoms with E-state index in [-0.39, 0.29) is 0 Å². The van der Waals surface area contributed by atoms with Gasteiger partial charge in [0, 0.05) is 12.3 Å². The SMILES string of the molecule is CC(CN)CCc1nc(C2CC3CCC2C3)no1. The summed E-state index contributed by atoms with van der Waals surface area (Å²) in [6.45, 7) is 2.89. The molecule has 3 rings (SSSR count). The molecule has 4 atom stereocenters. The second-order valence-corrected chi connectivity index (χ2v) is 6.21. The fraction of sp³-hybridized carbons (Fsp3) is 0.857. The van der Waals surface area contributed by atoms with Gasteiger partial charge in [0.2, 0.25) is 5.89 Å². The average molecular weight is 249 g/mol. The zero-order valence-electron chi connectivity index (χ0n) is 11.1. The van der Waals surface area contributed by atoms with Crippen LogP contribution in [-0.4, -0.2) is 16.7 Å². The lowest BCUT2D eigenvalue weighted by molar-refractivity contribution is 0.345. The predicted octanol–water partition coefficient (Wildman–Crippen LogP) is 2.50. The lowest BCUT2D eigenvalue weighted by Gasteiger charge is -2.17. The van der Waals surface area contributed by atoms with E-state index in [1.807, 2.05) is 0 Å². The highest BCUT2D eigenvalue weighted by molar-refractivity contribution is 5.06. The van der Waals surface area contributed by atoms with Crippen molar-refractivity contribution in [2.45, 2.75) is 51.4 Å². The van der Waals surface area contributed by atoms with E-state index in [0.29, 0.717) is 11.8 Å². The molecule has 100 valence electrons. The number of nitrogens with two attached hydrogens (primary N) is 1. The first-order valence-corrected chi connectivity index (χ1v) is 7.28. The first-order chi connectivity index (χ1) is 8.76. The normalized spacial score (nSPS) is 32.0. The molecule has 2 N–H and O–H groups in total. The number of hydrogen-bond donors (Lipinski definition) is 1. The van der Waals surface area contributed by atoms with Crippen molar-refractivity contribution in [2.24, 2.45) is 23.5 Å². The molecule has 1 heterocycles. The van der Waals surface area contributed by atoms with Crippen LogP contribution in [0.3, 0.4) is 0 Å². The summed E-state index contributed by atoms with van der Waals surface area (Å²) in [7, 11) is 0. The van der Waals surface area contributed by atoms with Crippen molar-refractivity contribution in [1.29, 1.82) is 0 Å². The van der Waals surface area contributed by atoms with E-state index in [2.05, 4.69) is 17.1 Å². The molecule has 0 spiro atoms. The van der Waals surface area contributed by atoms with Gasteiger partial charge in [-0.05, 0) is 50.0 Å². The Labute approximate surface area is 108 Å². The zero-order chi connectivity index (χ0) is 12.5. The van der Waals surface area contributed by atoms with E-state index in [4.69, 9.17) is 10.3 Å². The fourth-order valence-corrected chi connectivity index (χ4v) is 3.57. The number of aryl methyl sites for hydroxylation is 1. The van der Waals surface area contributed by atoms with Crippen LogP contribution in [0, 0.1) is 17.8 Å². The van der Waals surface area contributed by atoms with Gasteiger partial charge in [-0.3, -0.25) is 0 Å². The molecule has 2 bridgehead atoms. The lowest BCUT2D eigenvalue weighted by Crippen LogP contribution is -2.12. The van der Waals surface area contributed by atoms with Crippen LogP contribution in [0.15, 0.2) is 4.52 Å². The Morgan fingerprint density at radius 2 is 2.28 bits per heavy atom. The van der Waals surface area contributed by atoms with E-state index in [1.54, 1.807) is 0 Å². The van der Waals surface area contributed by atoms with E-state index in [1.165, 1.54) is 25.7 Å². The molecule has 0 radical (unpaired) electrons. The molecule has 4 heteroatoms. The molecule has 4 nitrogen and oxygen atoms in total. The predicted molar refractivity (Wildman–Crippen MR) is 69.0 cm³/mol. The minimum atomic E-state index is 0.530. The van der Waals surface area contributed by atoms with Crippen molar-refractivity contribution >= 4 is 0 Å². The number of rotatable bonds is 5. The van der Waals surface area contributed by atoms with Gasteiger partial charge in [-0.25, -0.2) is 0 Å². The van der Waals surface area contributed by atoms with Crippen molar-refractivity contribution < 1.29 is 4.52 Å². The Kier molecular flexibility index (Phi) is 3.37. The van der Waals surface area contributed by atoms with Crippen LogP contribution < -0.4 is 5.73 Å². The molecule has 2 saturated carbocycles. The summed E-state index contributed by atoms with van der Waals surface area (Å²) in [5, 5.41) is 4.20. The molecule has 18 heavy (non-hydrogen) atoms. The molecule has 2 aliphatic rings. The van der Waals surface area contributed by atoms with E-state index >= 15 is 0 Å². The maximum Gasteiger partial charge on any atom is 0.226 e. The molecule has 4 unspecified atom stereocenters. The first-order valence-electron chi connectivity index (χ1n) is 7.28. The molecule has 1 aromatic heterocycles. The molecular formula is C14H23N3O. The van der Waals surface area contributed by atoms with Crippen LogP contribution in [-0.2, 0) is 6.42 Å². The smallest absolute Gasteiger partial charge is 0.226 e. The topological polar surface area (TPSA) is 64.9 Å². The standard InChI is InChI=1S/C14H23N3O/c1-9(8-15)2-5-13-16-14(17-18-13)12-7-10-3-4-11(12)6-10/h9-12H,2-8,15H2,1H3. The first kappa shape index (κ1) is 12.2. The van der Waals surface area contributed by atoms with Crippen LogP contribution in [0.25, 0.3) is 0 Å². The van der Waals surface area contributed by atoms with Crippen molar-refractivity contribution in [1.82, 2.24) is 10.1 Å². The van der Waals surface area contributed by atoms with Crippen LogP contribution >= 0.6 is 0 Å². The minimum absolute atomic E-state index is 0.530. The van der Waals surface area contributed by atoms with Crippen LogP contribution in [0.2, 0.25) is 0 Å². The summed E-state index contributed by atoms with van der Waals surface area (Å²) in [4.78, 5) is 4.60. The van der Waals surface area contributed by atoms with Crippen LogP contribution in [0.1, 0.15) is 56.7 Å². The molecular weight excluding hydrogens is 226 g/mol. The minimum Gasteiger partial charge on any atom is -0.339 e. The van der Waals surface area contributed by atoms with Crippen LogP contribution in [0.5, 0.6) is 0 Å². The van der Waals surface area contributed by atoms with E-state index < -0.39 is 0 Å². The van der Waals surface area contributed by atoms with Gasteiger partial charge in [-0.15, -0.1) is 0 Å². The second-order valence-electron chi connectivity index (χ2n) is 6.21. The van der Waals surface area contributed by atoms with Gasteiger partial charge in [0.1, 0.15) is 0 Å². The number of nitrogens with zero attached hydrogens (tertiary/aromatic N) is 2. The molecule has 0 saturated heterocycles. The third-order valence-electron chi connectivity index (χ3n) is 4.81. The highest BCUT2D eigenvalue weighted by atomic mass is 16.5. The molecule has 2 fully saturated rings. The van der Waals surface area contributed by atoms with Gasteiger partial charge in [-0.2, -0.15) is 4.98 Å². The molecule has 0 aliphatic heterocycles. The number of aromatic nitrogens is 2. The Hall–Kier alpha value is -0.900. The van der Waals surface area contributed by atoms with Gasteiger partial charge in [0.05, 0.1) is 0 Å². The quantitative estimate of drug-likeness (QED) is 0.870. The third-order valence-corrected chi connectivity index (χ3v) is 4.81. The maximum atomic E-state index is 5.62. The van der Waals surface area contributed by atoms with Crippen molar-refractivity contribution in [3.8, 4) is 0 Å². The Balaban J connectivity index is 1.60. The van der Waals surface area contributed by atoms with E-state index in [9.17, 15) is 0 Å². The molecule has 2 aliphatic carbocycles. The third kappa shape index (κ3) is 2.30. The highest BCUT2D eigenvalue weighted by Gasteiger charge is 2.42. The Morgan fingerprint density at radius 1 is 1.39 bits per heavy atom. The number of fused-ring (bicyclic) bond motifs is 2. The molecule has 1 aromatic rings. The van der Waals surface area contributed by atoms with Gasteiger partial charge in [0.15, 0.2) is 5.82 Å². The summed E-state index contributed by atoms with van der Waals surface area (Å²) in [6, 6.07) is 0. The van der Waals surface area contributed by atoms with E-state index in [0.717, 1.165) is 42.9 Å². The molecule has 0 aromatic carbocycles. The largest absolute Gasteiger partial charge is 0.339 e. The van der Waals surface area contributed by atoms with Gasteiger partial charge < -0.3 is 10.3 Å². The summed E-state index contributed by atoms with van der Waals surface area (Å²) >= 11 is 0. The van der Waals surface area contributed by atoms with Crippen molar-refractivity contribution in [3.05, 3.63) is 11.7 Å². The Bertz CT molecular complexity index is 403. The van der Waals surface area contributed by atoms with Gasteiger partial charge in [0.25, 0.3) is 0 Å². The average Bonchev–Trinajstić information content (AvgIpc) is 3.10. The van der Waals surface area contributed by atoms with Gasteiger partial charge >= 0.3 is 0 Å². The van der Waals surface area contributed by atoms with Gasteiger partial charge in [-0.1, -0.05) is 18.5 Å². The maximum absolute atomic E-state index is 5.62. The van der Waals surface area contributed by atoms with Crippen molar-refractivity contribution in [2.75, 3.05) is 6.54 Å².